The molecule has 3 N–H and O–H groups in total. The molecule has 0 aromatic carbocycles. The van der Waals surface area contributed by atoms with Gasteiger partial charge in [0.1, 0.15) is 5.60 Å². The number of nitrogens with two attached hydrogens (primary N) is 1. The molecule has 0 saturated carbocycles. The number of ether oxygens (including phenoxy) is 1. The molecular formula is C8H18N2O3. The largest absolute Gasteiger partial charge is 0.444 e. The van der Waals surface area contributed by atoms with Crippen LogP contribution in [0.5, 0.6) is 0 Å². The molecule has 0 spiro atoms. The molecule has 0 saturated heterocycles. The van der Waals surface area contributed by atoms with E-state index in [0.29, 0.717) is 6.42 Å². The number of hydrogen-bond donors (Lipinski definition) is 2. The molecule has 0 aliphatic heterocycles. The van der Waals surface area contributed by atoms with E-state index < -0.39 is 17.9 Å². The summed E-state index contributed by atoms with van der Waals surface area (Å²) in [5, 5.41) is 2.46. The van der Waals surface area contributed by atoms with Gasteiger partial charge in [-0.2, -0.15) is 0 Å². The monoisotopic (exact) mass is 190 g/mol. The third kappa shape index (κ3) is 6.36. The predicted octanol–water partition coefficient (Wildman–Crippen LogP) is 1.14. The molecular weight excluding hydrogens is 172 g/mol. The van der Waals surface area contributed by atoms with Gasteiger partial charge in [0, 0.05) is 0 Å². The third-order valence-corrected chi connectivity index (χ3v) is 1.21. The molecule has 5 heteroatoms. The lowest BCUT2D eigenvalue weighted by molar-refractivity contribution is 0.00371. The van der Waals surface area contributed by atoms with E-state index in [1.807, 2.05) is 6.92 Å². The van der Waals surface area contributed by atoms with E-state index >= 15 is 0 Å². The zero-order valence-electron chi connectivity index (χ0n) is 8.59. The smallest absolute Gasteiger partial charge is 0.409 e. The molecule has 0 rings (SSSR count). The van der Waals surface area contributed by atoms with Crippen LogP contribution in [-0.2, 0) is 9.57 Å². The van der Waals surface area contributed by atoms with Crippen molar-refractivity contribution in [3.8, 4) is 0 Å². The molecule has 1 amide bonds. The average molecular weight is 190 g/mol. The Morgan fingerprint density at radius 3 is 2.38 bits per heavy atom. The molecule has 13 heavy (non-hydrogen) atoms. The molecule has 1 atom stereocenters. The van der Waals surface area contributed by atoms with Crippen LogP contribution < -0.4 is 11.2 Å². The van der Waals surface area contributed by atoms with Gasteiger partial charge in [-0.25, -0.2) is 10.7 Å². The van der Waals surface area contributed by atoms with Gasteiger partial charge in [-0.05, 0) is 27.2 Å². The number of alkyl carbamates (subject to hydrolysis) is 1. The Kier molecular flexibility index (Phi) is 4.72. The van der Waals surface area contributed by atoms with Crippen LogP contribution in [0.1, 0.15) is 34.1 Å². The highest BCUT2D eigenvalue weighted by Crippen LogP contribution is 2.06. The maximum absolute atomic E-state index is 11.1. The first-order valence-corrected chi connectivity index (χ1v) is 4.24. The number of amides is 1. The first-order chi connectivity index (χ1) is 5.89. The van der Waals surface area contributed by atoms with E-state index in [2.05, 4.69) is 10.2 Å². The van der Waals surface area contributed by atoms with Crippen molar-refractivity contribution in [2.45, 2.75) is 45.9 Å². The molecule has 0 aliphatic rings. The fourth-order valence-electron chi connectivity index (χ4n) is 0.671. The van der Waals surface area contributed by atoms with E-state index in [1.54, 1.807) is 20.8 Å². The minimum Gasteiger partial charge on any atom is -0.444 e. The summed E-state index contributed by atoms with van der Waals surface area (Å²) in [4.78, 5) is 15.6. The zero-order chi connectivity index (χ0) is 10.5. The van der Waals surface area contributed by atoms with Crippen molar-refractivity contribution in [1.29, 1.82) is 0 Å². The summed E-state index contributed by atoms with van der Waals surface area (Å²) in [7, 11) is 0. The van der Waals surface area contributed by atoms with Gasteiger partial charge in [-0.1, -0.05) is 6.92 Å². The summed E-state index contributed by atoms with van der Waals surface area (Å²) in [6, 6.07) is 0. The Hall–Kier alpha value is -0.810. The van der Waals surface area contributed by atoms with Gasteiger partial charge in [0.15, 0.2) is 6.23 Å². The Balaban J connectivity index is 3.86. The van der Waals surface area contributed by atoms with Crippen LogP contribution in [0.25, 0.3) is 0 Å². The minimum atomic E-state index is -0.523. The average Bonchev–Trinajstić information content (AvgIpc) is 1.96. The third-order valence-electron chi connectivity index (χ3n) is 1.21. The maximum atomic E-state index is 11.1. The second-order valence-corrected chi connectivity index (χ2v) is 3.68. The van der Waals surface area contributed by atoms with Crippen molar-refractivity contribution < 1.29 is 14.4 Å². The molecule has 0 aromatic heterocycles. The number of rotatable bonds is 3. The quantitative estimate of drug-likeness (QED) is 0.517. The van der Waals surface area contributed by atoms with Crippen LogP contribution >= 0.6 is 0 Å². The summed E-state index contributed by atoms with van der Waals surface area (Å²) in [6.45, 7) is 7.21. The van der Waals surface area contributed by atoms with E-state index in [1.165, 1.54) is 0 Å². The Morgan fingerprint density at radius 1 is 1.54 bits per heavy atom. The van der Waals surface area contributed by atoms with Gasteiger partial charge in [0.05, 0.1) is 0 Å². The lowest BCUT2D eigenvalue weighted by Crippen LogP contribution is -2.41. The van der Waals surface area contributed by atoms with E-state index in [-0.39, 0.29) is 0 Å². The van der Waals surface area contributed by atoms with Gasteiger partial charge >= 0.3 is 6.09 Å². The molecule has 0 fully saturated rings. The molecule has 0 radical (unpaired) electrons. The summed E-state index contributed by atoms with van der Waals surface area (Å²) < 4.78 is 4.99. The van der Waals surface area contributed by atoms with Crippen molar-refractivity contribution >= 4 is 6.09 Å². The Morgan fingerprint density at radius 2 is 2.08 bits per heavy atom. The van der Waals surface area contributed by atoms with Gasteiger partial charge in [-0.15, -0.1) is 0 Å². The summed E-state index contributed by atoms with van der Waals surface area (Å²) in [5.74, 6) is 4.93. The normalized spacial score (nSPS) is 13.6. The highest BCUT2D eigenvalue weighted by molar-refractivity contribution is 5.67. The molecule has 1 unspecified atom stereocenters. The summed E-state index contributed by atoms with van der Waals surface area (Å²) in [6.07, 6.45) is -0.421. The number of hydrogen-bond acceptors (Lipinski definition) is 4. The lowest BCUT2D eigenvalue weighted by Gasteiger charge is -2.21. The van der Waals surface area contributed by atoms with Gasteiger partial charge in [-0.3, -0.25) is 10.2 Å². The van der Waals surface area contributed by atoms with E-state index in [4.69, 9.17) is 10.6 Å². The Bertz CT molecular complexity index is 161. The first kappa shape index (κ1) is 12.2. The summed E-state index contributed by atoms with van der Waals surface area (Å²) >= 11 is 0. The van der Waals surface area contributed by atoms with Crippen LogP contribution in [0.4, 0.5) is 4.79 Å². The second kappa shape index (κ2) is 5.04. The van der Waals surface area contributed by atoms with Gasteiger partial charge in [0.25, 0.3) is 0 Å². The van der Waals surface area contributed by atoms with Crippen molar-refractivity contribution in [3.63, 3.8) is 0 Å². The van der Waals surface area contributed by atoms with Crippen molar-refractivity contribution in [2.75, 3.05) is 0 Å². The van der Waals surface area contributed by atoms with Crippen LogP contribution in [-0.4, -0.2) is 17.9 Å². The van der Waals surface area contributed by atoms with Crippen LogP contribution in [0.2, 0.25) is 0 Å². The number of nitrogens with one attached hydrogen (secondary N) is 1. The zero-order valence-corrected chi connectivity index (χ0v) is 8.59. The number of carbonyl (C=O) groups excluding carboxylic acids is 1. The fourth-order valence-corrected chi connectivity index (χ4v) is 0.671. The molecule has 0 heterocycles. The Labute approximate surface area is 78.5 Å². The van der Waals surface area contributed by atoms with E-state index in [0.717, 1.165) is 0 Å². The van der Waals surface area contributed by atoms with Crippen molar-refractivity contribution in [1.82, 2.24) is 5.32 Å². The fraction of sp³-hybridized carbons (Fsp3) is 0.875. The van der Waals surface area contributed by atoms with Gasteiger partial charge in [0.2, 0.25) is 0 Å². The van der Waals surface area contributed by atoms with Gasteiger partial charge < -0.3 is 4.74 Å². The topological polar surface area (TPSA) is 73.6 Å². The molecule has 0 aliphatic carbocycles. The molecule has 0 aromatic rings. The van der Waals surface area contributed by atoms with Crippen molar-refractivity contribution in [3.05, 3.63) is 0 Å². The van der Waals surface area contributed by atoms with Crippen LogP contribution in [0.3, 0.4) is 0 Å². The summed E-state index contributed by atoms with van der Waals surface area (Å²) in [5.41, 5.74) is -0.503. The van der Waals surface area contributed by atoms with E-state index in [9.17, 15) is 4.79 Å². The molecule has 5 nitrogen and oxygen atoms in total. The van der Waals surface area contributed by atoms with Crippen molar-refractivity contribution in [2.24, 2.45) is 5.90 Å². The first-order valence-electron chi connectivity index (χ1n) is 4.24. The molecule has 0 bridgehead atoms. The second-order valence-electron chi connectivity index (χ2n) is 3.68. The minimum absolute atomic E-state index is 0.491. The predicted molar refractivity (Wildman–Crippen MR) is 48.7 cm³/mol. The highest BCUT2D eigenvalue weighted by atomic mass is 16.6. The number of carbonyl (C=O) groups is 1. The lowest BCUT2D eigenvalue weighted by atomic mass is 10.2. The van der Waals surface area contributed by atoms with Crippen LogP contribution in [0.15, 0.2) is 0 Å². The highest BCUT2D eigenvalue weighted by Gasteiger charge is 2.18. The maximum Gasteiger partial charge on any atom is 0.409 e. The standard InChI is InChI=1S/C8H18N2O3/c1-5-6(13-9)10-7(11)12-8(2,3)4/h6H,5,9H2,1-4H3,(H,10,11). The molecule has 78 valence electrons. The van der Waals surface area contributed by atoms with Crippen LogP contribution in [0, 0.1) is 0 Å². The SMILES string of the molecule is CCC(NC(=O)OC(C)(C)C)ON.